The molecular weight excluding hydrogens is 1360 g/mol. The number of hydrogen-bond donors (Lipinski definition) is 4. The fourth-order valence-corrected chi connectivity index (χ4v) is 13.2. The van der Waals surface area contributed by atoms with Crippen LogP contribution >= 0.6 is 0 Å². The zero-order valence-corrected chi connectivity index (χ0v) is 58.4. The molecule has 0 aliphatic carbocycles. The van der Waals surface area contributed by atoms with E-state index in [0.717, 1.165) is 44.5 Å². The Labute approximate surface area is 607 Å². The molecule has 5 heterocycles. The molecule has 16 atom stereocenters. The predicted octanol–water partition coefficient (Wildman–Crippen LogP) is 9.03. The lowest BCUT2D eigenvalue weighted by atomic mass is 9.98. The Hall–Kier alpha value is -7.13. The monoisotopic (exact) mass is 1450 g/mol. The number of ether oxygens (including phenoxy) is 15. The first-order valence-electron chi connectivity index (χ1n) is 34.8. The number of benzene rings is 8. The minimum Gasteiger partial charge on any atom is -0.394 e. The first-order chi connectivity index (χ1) is 51.1. The maximum atomic E-state index is 12.3. The minimum atomic E-state index is -4.23. The highest BCUT2D eigenvalue weighted by Crippen LogP contribution is 2.36. The van der Waals surface area contributed by atoms with Gasteiger partial charge in [0.2, 0.25) is 0 Å². The van der Waals surface area contributed by atoms with E-state index >= 15 is 0 Å². The Balaban J connectivity index is 0.000000158. The van der Waals surface area contributed by atoms with Gasteiger partial charge in [-0.05, 0) is 38.9 Å². The van der Waals surface area contributed by atoms with E-state index in [-0.39, 0.29) is 60.0 Å². The maximum absolute atomic E-state index is 12.3. The molecular formula is C80H92O23S. The molecule has 13 rings (SSSR count). The molecule has 104 heavy (non-hydrogen) atoms. The minimum absolute atomic E-state index is 0.0448. The normalized spacial score (nSPS) is 26.1. The summed E-state index contributed by atoms with van der Waals surface area (Å²) in [6, 6.07) is 77.9. The van der Waals surface area contributed by atoms with Gasteiger partial charge in [-0.15, -0.1) is 0 Å². The Morgan fingerprint density at radius 3 is 1.20 bits per heavy atom. The van der Waals surface area contributed by atoms with Gasteiger partial charge in [-0.3, -0.25) is 0 Å². The average Bonchev–Trinajstić information content (AvgIpc) is 1.65. The van der Waals surface area contributed by atoms with Crippen LogP contribution in [0.5, 0.6) is 0 Å². The van der Waals surface area contributed by atoms with E-state index in [4.69, 9.17) is 79.4 Å². The molecule has 8 aromatic rings. The summed E-state index contributed by atoms with van der Waals surface area (Å²) in [6.45, 7) is 1.60. The van der Waals surface area contributed by atoms with Crippen molar-refractivity contribution in [1.82, 2.24) is 0 Å². The van der Waals surface area contributed by atoms with Gasteiger partial charge >= 0.3 is 10.4 Å². The second-order valence-corrected chi connectivity index (χ2v) is 26.4. The SMILES string of the molecule is O=S1(=O)OC[C@H]2OCO[C@H]([C@H](COCc3ccccc3)OCc3ccccc3)[C@@H](OCc3ccccc3)[C@@H]2O1.OC[C@H](O)[C@H]1OCO[C@@H]2COC(c3ccccc3)O[C@H]2[C@@H]1OCc1ccccc1.OC[C@H]1OCO[C@H]([C@H](COCc2ccccc2)OCc2ccccc2)[C@@H](OCc2ccccc2)[C@@H]1O. The predicted molar refractivity (Wildman–Crippen MR) is 377 cm³/mol. The average molecular weight is 1450 g/mol. The fraction of sp³-hybridized carbons (Fsp3) is 0.400. The van der Waals surface area contributed by atoms with Gasteiger partial charge in [-0.1, -0.05) is 243 Å². The second-order valence-electron chi connectivity index (χ2n) is 25.2. The van der Waals surface area contributed by atoms with E-state index in [2.05, 4.69) is 0 Å². The van der Waals surface area contributed by atoms with Gasteiger partial charge in [0.15, 0.2) is 6.29 Å². The summed E-state index contributed by atoms with van der Waals surface area (Å²) >= 11 is 0. The smallest absolute Gasteiger partial charge is 0.394 e. The van der Waals surface area contributed by atoms with Crippen LogP contribution in [0.4, 0.5) is 0 Å². The summed E-state index contributed by atoms with van der Waals surface area (Å²) in [6.07, 6.45) is -12.1. The Bertz CT molecular complexity index is 3740. The van der Waals surface area contributed by atoms with Crippen LogP contribution in [0, 0.1) is 0 Å². The summed E-state index contributed by atoms with van der Waals surface area (Å²) < 4.78 is 125. The largest absolute Gasteiger partial charge is 0.400 e. The third-order valence-corrected chi connectivity index (χ3v) is 18.7. The molecule has 0 bridgehead atoms. The molecule has 8 aromatic carbocycles. The lowest BCUT2D eigenvalue weighted by Crippen LogP contribution is -2.55. The lowest BCUT2D eigenvalue weighted by Gasteiger charge is -2.40. The first kappa shape index (κ1) is 78.0. The van der Waals surface area contributed by atoms with Crippen LogP contribution in [0.3, 0.4) is 0 Å². The summed E-state index contributed by atoms with van der Waals surface area (Å²) in [7, 11) is -4.23. The van der Waals surface area contributed by atoms with E-state index in [1.54, 1.807) is 0 Å². The van der Waals surface area contributed by atoms with E-state index in [1.165, 1.54) is 0 Å². The quantitative estimate of drug-likeness (QED) is 0.0340. The van der Waals surface area contributed by atoms with Crippen LogP contribution in [0.2, 0.25) is 0 Å². The van der Waals surface area contributed by atoms with Gasteiger partial charge < -0.3 is 91.5 Å². The van der Waals surface area contributed by atoms with Crippen molar-refractivity contribution in [3.63, 3.8) is 0 Å². The van der Waals surface area contributed by atoms with Crippen molar-refractivity contribution >= 4 is 10.4 Å². The maximum Gasteiger partial charge on any atom is 0.400 e. The van der Waals surface area contributed by atoms with Crippen LogP contribution < -0.4 is 0 Å². The fourth-order valence-electron chi connectivity index (χ4n) is 12.3. The van der Waals surface area contributed by atoms with Crippen molar-refractivity contribution in [1.29, 1.82) is 0 Å². The highest BCUT2D eigenvalue weighted by Gasteiger charge is 2.51. The van der Waals surface area contributed by atoms with Crippen molar-refractivity contribution in [3.05, 3.63) is 287 Å². The van der Waals surface area contributed by atoms with Gasteiger partial charge in [0.05, 0.1) is 85.9 Å². The zero-order chi connectivity index (χ0) is 72.0. The third-order valence-electron chi connectivity index (χ3n) is 17.8. The molecule has 0 aromatic heterocycles. The summed E-state index contributed by atoms with van der Waals surface area (Å²) in [5.74, 6) is 0. The second kappa shape index (κ2) is 41.7. The molecule has 0 radical (unpaired) electrons. The van der Waals surface area contributed by atoms with E-state index in [9.17, 15) is 28.8 Å². The summed E-state index contributed by atoms with van der Waals surface area (Å²) in [4.78, 5) is 0. The molecule has 556 valence electrons. The topological polar surface area (TPSA) is 272 Å². The number of aliphatic hydroxyl groups excluding tert-OH is 4. The highest BCUT2D eigenvalue weighted by atomic mass is 32.3. The molecule has 0 spiro atoms. The molecule has 23 nitrogen and oxygen atoms in total. The van der Waals surface area contributed by atoms with Gasteiger partial charge in [0, 0.05) is 5.56 Å². The number of hydrogen-bond acceptors (Lipinski definition) is 23. The van der Waals surface area contributed by atoms with Gasteiger partial charge in [-0.25, -0.2) is 8.37 Å². The van der Waals surface area contributed by atoms with Gasteiger partial charge in [-0.2, -0.15) is 8.42 Å². The van der Waals surface area contributed by atoms with Crippen molar-refractivity contribution in [2.45, 2.75) is 144 Å². The van der Waals surface area contributed by atoms with Crippen LogP contribution in [-0.2, 0) is 136 Å². The molecule has 4 N–H and O–H groups in total. The molecule has 24 heteroatoms. The van der Waals surface area contributed by atoms with Crippen LogP contribution in [0.15, 0.2) is 243 Å². The number of aliphatic hydroxyl groups is 4. The zero-order valence-electron chi connectivity index (χ0n) is 57.6. The van der Waals surface area contributed by atoms with Crippen molar-refractivity contribution in [2.24, 2.45) is 0 Å². The van der Waals surface area contributed by atoms with Crippen molar-refractivity contribution < 1.29 is 108 Å². The molecule has 0 saturated carbocycles. The van der Waals surface area contributed by atoms with E-state index in [0.29, 0.717) is 39.6 Å². The Morgan fingerprint density at radius 2 is 0.769 bits per heavy atom. The molecule has 5 fully saturated rings. The van der Waals surface area contributed by atoms with E-state index in [1.807, 2.05) is 243 Å². The standard InChI is InChI=1S/C29H32O9S.C29H34O7.C22H26O7/c30-39(31)37-20-26-28(38-39)29(34-18-24-14-8-3-9-15-24)27(36-21-35-26)25(33-17-23-12-6-2-7-13-23)19-32-16-22-10-4-1-5-11-22;30-16-25-27(31)29(34-19-24-14-8-3-9-15-24)28(36-21-35-25)26(33-18-23-12-6-2-7-13-23)20-32-17-22-10-4-1-5-11-22;23-11-17(24)19-21(25-12-15-7-3-1-4-8-15)20-18(27-14-28-19)13-26-22(29-20)16-9-5-2-6-10-16/h1-15,25-29H,16-21H2;1-15,25-31H,16-21H2;1-10,17-24H,11-14H2/t25-,26+,27+,28+,29+;25-,26+,27-,28-,29+;17-,18+,19+,20+,21+,22?/m010/s1. The van der Waals surface area contributed by atoms with Crippen LogP contribution in [-0.4, -0.2) is 180 Å². The van der Waals surface area contributed by atoms with Crippen LogP contribution in [0.25, 0.3) is 0 Å². The van der Waals surface area contributed by atoms with Gasteiger partial charge in [0.1, 0.15) is 112 Å². The van der Waals surface area contributed by atoms with Crippen molar-refractivity contribution in [3.8, 4) is 0 Å². The van der Waals surface area contributed by atoms with E-state index < -0.39 is 115 Å². The Morgan fingerprint density at radius 1 is 0.404 bits per heavy atom. The highest BCUT2D eigenvalue weighted by molar-refractivity contribution is 7.81. The molecule has 0 amide bonds. The third kappa shape index (κ3) is 23.7. The Kier molecular flexibility index (Phi) is 31.2. The summed E-state index contributed by atoms with van der Waals surface area (Å²) in [5, 5.41) is 40.8. The van der Waals surface area contributed by atoms with Crippen molar-refractivity contribution in [2.75, 3.05) is 60.0 Å². The molecule has 5 aliphatic rings. The molecule has 5 aliphatic heterocycles. The molecule has 5 saturated heterocycles. The molecule has 1 unspecified atom stereocenters. The number of fused-ring (bicyclic) bond motifs is 2. The summed E-state index contributed by atoms with van der Waals surface area (Å²) in [5.41, 5.74) is 7.77. The van der Waals surface area contributed by atoms with Gasteiger partial charge in [0.25, 0.3) is 0 Å². The lowest BCUT2D eigenvalue weighted by molar-refractivity contribution is -0.285. The first-order valence-corrected chi connectivity index (χ1v) is 36.1. The van der Waals surface area contributed by atoms with Crippen LogP contribution in [0.1, 0.15) is 50.8 Å². The number of rotatable bonds is 29.